The molecule has 1 aliphatic heterocycles. The maximum absolute atomic E-state index is 11.9. The molecule has 2 N–H and O–H groups in total. The molecule has 0 bridgehead atoms. The van der Waals surface area contributed by atoms with Crippen LogP contribution in [0.25, 0.3) is 0 Å². The van der Waals surface area contributed by atoms with Gasteiger partial charge in [-0.1, -0.05) is 48.1 Å². The van der Waals surface area contributed by atoms with Crippen LogP contribution in [-0.4, -0.2) is 49.7 Å². The van der Waals surface area contributed by atoms with E-state index in [1.165, 1.54) is 0 Å². The molecule has 162 valence electrons. The lowest BCUT2D eigenvalue weighted by molar-refractivity contribution is -0.153. The second-order valence-corrected chi connectivity index (χ2v) is 8.27. The topological polar surface area (TPSA) is 86.5 Å². The monoisotopic (exact) mass is 413 g/mol. The summed E-state index contributed by atoms with van der Waals surface area (Å²) >= 11 is 0. The molecule has 2 heterocycles. The van der Waals surface area contributed by atoms with Crippen molar-refractivity contribution in [3.05, 3.63) is 36.9 Å². The Labute approximate surface area is 177 Å². The summed E-state index contributed by atoms with van der Waals surface area (Å²) in [6.07, 6.45) is 5.48. The first-order chi connectivity index (χ1) is 11.9. The van der Waals surface area contributed by atoms with Crippen LogP contribution in [-0.2, 0) is 10.4 Å². The van der Waals surface area contributed by atoms with Crippen molar-refractivity contribution in [3.63, 3.8) is 0 Å². The van der Waals surface area contributed by atoms with E-state index < -0.39 is 16.6 Å². The minimum Gasteiger partial charge on any atom is -0.382 e. The fraction of sp³-hybridized carbons (Fsp3) is 0.667. The number of aromatic nitrogens is 2. The number of likely N-dealkylation sites (tertiary alicyclic amines) is 1. The fourth-order valence-electron chi connectivity index (χ4n) is 2.61. The van der Waals surface area contributed by atoms with Crippen LogP contribution in [0, 0.1) is 11.3 Å². The molecule has 2 atom stereocenters. The van der Waals surface area contributed by atoms with E-state index in [0.29, 0.717) is 25.3 Å². The van der Waals surface area contributed by atoms with Crippen LogP contribution < -0.4 is 0 Å². The van der Waals surface area contributed by atoms with Crippen LogP contribution in [0.4, 0.5) is 0 Å². The number of hydrogen-bond acceptors (Lipinski definition) is 5. The number of nitrogens with zero attached hydrogens (tertiary/aromatic N) is 3. The average molecular weight is 414 g/mol. The summed E-state index contributed by atoms with van der Waals surface area (Å²) in [6, 6.07) is 1.74. The SMILES string of the molecule is C.C=CCN1CCC(O)(C(C)(C)C)C1=O.CC(C)[C@](C)(O)c1ncccn1.S. The Kier molecular flexibility index (Phi) is 11.2. The van der Waals surface area contributed by atoms with Gasteiger partial charge in [-0.25, -0.2) is 9.97 Å². The second-order valence-electron chi connectivity index (χ2n) is 8.27. The highest BCUT2D eigenvalue weighted by atomic mass is 32.1. The molecule has 28 heavy (non-hydrogen) atoms. The van der Waals surface area contributed by atoms with E-state index in [-0.39, 0.29) is 32.7 Å². The van der Waals surface area contributed by atoms with Gasteiger partial charge in [0, 0.05) is 31.9 Å². The van der Waals surface area contributed by atoms with Crippen LogP contribution in [0.5, 0.6) is 0 Å². The first kappa shape index (κ1) is 28.8. The summed E-state index contributed by atoms with van der Waals surface area (Å²) in [7, 11) is 0. The Bertz CT molecular complexity index is 615. The zero-order valence-electron chi connectivity index (χ0n) is 17.4. The maximum Gasteiger partial charge on any atom is 0.255 e. The molecule has 1 aliphatic rings. The lowest BCUT2D eigenvalue weighted by Crippen LogP contribution is -2.49. The zero-order chi connectivity index (χ0) is 20.2. The van der Waals surface area contributed by atoms with Gasteiger partial charge in [0.05, 0.1) is 0 Å². The lowest BCUT2D eigenvalue weighted by Gasteiger charge is -2.34. The minimum atomic E-state index is -1.20. The molecule has 1 aromatic heterocycles. The maximum atomic E-state index is 11.9. The molecule has 0 saturated carbocycles. The Balaban J connectivity index is 0. The molecule has 1 unspecified atom stereocenters. The van der Waals surface area contributed by atoms with Crippen molar-refractivity contribution in [2.75, 3.05) is 13.1 Å². The van der Waals surface area contributed by atoms with E-state index in [4.69, 9.17) is 0 Å². The molecule has 0 aliphatic carbocycles. The summed E-state index contributed by atoms with van der Waals surface area (Å²) < 4.78 is 0. The third-order valence-electron chi connectivity index (χ3n) is 5.12. The van der Waals surface area contributed by atoms with Gasteiger partial charge in [-0.2, -0.15) is 13.5 Å². The summed E-state index contributed by atoms with van der Waals surface area (Å²) in [6.45, 7) is 16.0. The Morgan fingerprint density at radius 1 is 1.29 bits per heavy atom. The normalized spacial score (nSPS) is 21.0. The number of carbonyl (C=O) groups excluding carboxylic acids is 1. The van der Waals surface area contributed by atoms with Gasteiger partial charge >= 0.3 is 0 Å². The number of rotatable bonds is 4. The zero-order valence-corrected chi connectivity index (χ0v) is 18.4. The largest absolute Gasteiger partial charge is 0.382 e. The summed E-state index contributed by atoms with van der Waals surface area (Å²) in [4.78, 5) is 21.6. The highest BCUT2D eigenvalue weighted by molar-refractivity contribution is 7.59. The van der Waals surface area contributed by atoms with Crippen LogP contribution in [0.1, 0.15) is 61.2 Å². The molecule has 6 nitrogen and oxygen atoms in total. The van der Waals surface area contributed by atoms with Crippen molar-refractivity contribution in [1.82, 2.24) is 14.9 Å². The predicted octanol–water partition coefficient (Wildman–Crippen LogP) is 3.27. The molecule has 0 spiro atoms. The van der Waals surface area contributed by atoms with Gasteiger partial charge in [-0.05, 0) is 24.3 Å². The van der Waals surface area contributed by atoms with Crippen molar-refractivity contribution in [2.45, 2.75) is 66.6 Å². The van der Waals surface area contributed by atoms with Gasteiger partial charge in [0.25, 0.3) is 5.91 Å². The number of carbonyl (C=O) groups is 1. The van der Waals surface area contributed by atoms with E-state index in [2.05, 4.69) is 16.5 Å². The van der Waals surface area contributed by atoms with Crippen molar-refractivity contribution >= 4 is 19.4 Å². The smallest absolute Gasteiger partial charge is 0.255 e. The first-order valence-electron chi connectivity index (χ1n) is 9.00. The van der Waals surface area contributed by atoms with Gasteiger partial charge in [-0.3, -0.25) is 4.79 Å². The number of aliphatic hydroxyl groups is 2. The number of amides is 1. The number of hydrogen-bond donors (Lipinski definition) is 2. The van der Waals surface area contributed by atoms with Gasteiger partial charge < -0.3 is 15.1 Å². The Morgan fingerprint density at radius 2 is 1.79 bits per heavy atom. The van der Waals surface area contributed by atoms with Crippen molar-refractivity contribution < 1.29 is 15.0 Å². The van der Waals surface area contributed by atoms with E-state index in [9.17, 15) is 15.0 Å². The minimum absolute atomic E-state index is 0. The van der Waals surface area contributed by atoms with E-state index in [0.717, 1.165) is 0 Å². The fourth-order valence-corrected chi connectivity index (χ4v) is 2.61. The highest BCUT2D eigenvalue weighted by Crippen LogP contribution is 2.38. The summed E-state index contributed by atoms with van der Waals surface area (Å²) in [5, 5.41) is 20.2. The highest BCUT2D eigenvalue weighted by Gasteiger charge is 2.52. The van der Waals surface area contributed by atoms with E-state index in [1.54, 1.807) is 36.4 Å². The molecule has 1 aromatic rings. The third kappa shape index (κ3) is 6.29. The molecule has 0 aromatic carbocycles. The average Bonchev–Trinajstić information content (AvgIpc) is 2.86. The van der Waals surface area contributed by atoms with Crippen molar-refractivity contribution in [3.8, 4) is 0 Å². The molecule has 1 saturated heterocycles. The van der Waals surface area contributed by atoms with Crippen LogP contribution >= 0.6 is 13.5 Å². The van der Waals surface area contributed by atoms with E-state index >= 15 is 0 Å². The first-order valence-corrected chi connectivity index (χ1v) is 9.00. The Morgan fingerprint density at radius 3 is 2.14 bits per heavy atom. The standard InChI is InChI=1S/C11H19NO2.C9H14N2O.CH4.H2S/c1-5-7-12-8-6-11(14,9(12)13)10(2,3)4;1-7(2)9(3,12)8-10-5-4-6-11-8;;/h5,14H,1,6-8H2,2-4H3;4-7,12H,1-3H3;1H4;1H2/t;9-;;/m.0../s1. The van der Waals surface area contributed by atoms with Crippen LogP contribution in [0.15, 0.2) is 31.1 Å². The molecule has 1 amide bonds. The summed E-state index contributed by atoms with van der Waals surface area (Å²) in [5.41, 5.74) is -2.53. The molecule has 1 fully saturated rings. The molecule has 0 radical (unpaired) electrons. The molecular formula is C21H39N3O3S. The molecular weight excluding hydrogens is 374 g/mol. The second kappa shape index (κ2) is 10.9. The van der Waals surface area contributed by atoms with Gasteiger partial charge in [-0.15, -0.1) is 6.58 Å². The van der Waals surface area contributed by atoms with Gasteiger partial charge in [0.1, 0.15) is 11.2 Å². The summed E-state index contributed by atoms with van der Waals surface area (Å²) in [5.74, 6) is 0.435. The van der Waals surface area contributed by atoms with Crippen LogP contribution in [0.3, 0.4) is 0 Å². The Hall–Kier alpha value is -1.44. The lowest BCUT2D eigenvalue weighted by atomic mass is 9.75. The van der Waals surface area contributed by atoms with Gasteiger partial charge in [0.2, 0.25) is 0 Å². The van der Waals surface area contributed by atoms with Crippen LogP contribution in [0.2, 0.25) is 0 Å². The third-order valence-corrected chi connectivity index (χ3v) is 5.12. The molecule has 2 rings (SSSR count). The van der Waals surface area contributed by atoms with E-state index in [1.807, 2.05) is 34.6 Å². The predicted molar refractivity (Wildman–Crippen MR) is 119 cm³/mol. The molecule has 7 heteroatoms. The van der Waals surface area contributed by atoms with Crippen molar-refractivity contribution in [1.29, 1.82) is 0 Å². The van der Waals surface area contributed by atoms with Crippen molar-refractivity contribution in [2.24, 2.45) is 11.3 Å². The quantitative estimate of drug-likeness (QED) is 0.740. The van der Waals surface area contributed by atoms with Gasteiger partial charge in [0.15, 0.2) is 5.82 Å².